The summed E-state index contributed by atoms with van der Waals surface area (Å²) in [4.78, 5) is 30.8. The highest BCUT2D eigenvalue weighted by Gasteiger charge is 2.37. The summed E-state index contributed by atoms with van der Waals surface area (Å²) in [6, 6.07) is 3.76. The third-order valence-electron chi connectivity index (χ3n) is 4.46. The molecular formula is C19H22N2O3. The molecule has 0 unspecified atom stereocenters. The van der Waals surface area contributed by atoms with Crippen LogP contribution in [0.2, 0.25) is 0 Å². The second kappa shape index (κ2) is 5.89. The van der Waals surface area contributed by atoms with E-state index in [1.54, 1.807) is 31.3 Å². The first-order valence-electron chi connectivity index (χ1n) is 8.08. The van der Waals surface area contributed by atoms with E-state index in [2.05, 4.69) is 4.98 Å². The van der Waals surface area contributed by atoms with Crippen LogP contribution in [0.15, 0.2) is 28.9 Å². The molecule has 5 heteroatoms. The molecule has 0 N–H and O–H groups in total. The molecule has 5 nitrogen and oxygen atoms in total. The summed E-state index contributed by atoms with van der Waals surface area (Å²) in [5, 5.41) is 0. The molecule has 2 heterocycles. The molecule has 0 radical (unpaired) electrons. The number of rotatable bonds is 3. The molecule has 0 fully saturated rings. The number of nitrogens with zero attached hydrogens (tertiary/aromatic N) is 2. The smallest absolute Gasteiger partial charge is 0.289 e. The fourth-order valence-corrected chi connectivity index (χ4v) is 3.30. The molecule has 1 aliphatic rings. The van der Waals surface area contributed by atoms with Gasteiger partial charge in [0.2, 0.25) is 0 Å². The van der Waals surface area contributed by atoms with Gasteiger partial charge < -0.3 is 9.32 Å². The Kier molecular flexibility index (Phi) is 4.03. The summed E-state index contributed by atoms with van der Waals surface area (Å²) >= 11 is 0. The van der Waals surface area contributed by atoms with E-state index in [0.717, 1.165) is 5.56 Å². The van der Waals surface area contributed by atoms with Crippen molar-refractivity contribution in [1.29, 1.82) is 0 Å². The maximum Gasteiger partial charge on any atom is 0.289 e. The third kappa shape index (κ3) is 2.98. The zero-order valence-electron chi connectivity index (χ0n) is 14.5. The van der Waals surface area contributed by atoms with Crippen LogP contribution in [0.3, 0.4) is 0 Å². The fourth-order valence-electron chi connectivity index (χ4n) is 3.30. The highest BCUT2D eigenvalue weighted by Crippen LogP contribution is 2.38. The average Bonchev–Trinajstić information content (AvgIpc) is 2.82. The topological polar surface area (TPSA) is 63.4 Å². The minimum Gasteiger partial charge on any atom is -0.455 e. The van der Waals surface area contributed by atoms with Gasteiger partial charge in [-0.3, -0.25) is 14.6 Å². The zero-order chi connectivity index (χ0) is 17.5. The molecule has 0 aliphatic heterocycles. The normalized spacial score (nSPS) is 15.9. The first kappa shape index (κ1) is 16.4. The van der Waals surface area contributed by atoms with E-state index < -0.39 is 0 Å². The van der Waals surface area contributed by atoms with Crippen molar-refractivity contribution in [3.8, 4) is 0 Å². The number of carbonyl (C=O) groups excluding carboxylic acids is 2. The summed E-state index contributed by atoms with van der Waals surface area (Å²) in [5.41, 5.74) is 2.08. The van der Waals surface area contributed by atoms with E-state index in [1.807, 2.05) is 26.0 Å². The largest absolute Gasteiger partial charge is 0.455 e. The van der Waals surface area contributed by atoms with Gasteiger partial charge in [0, 0.05) is 44.4 Å². The van der Waals surface area contributed by atoms with Crippen molar-refractivity contribution in [2.24, 2.45) is 5.41 Å². The van der Waals surface area contributed by atoms with Crippen LogP contribution < -0.4 is 0 Å². The van der Waals surface area contributed by atoms with Crippen molar-refractivity contribution in [2.45, 2.75) is 40.2 Å². The molecule has 2 aromatic heterocycles. The summed E-state index contributed by atoms with van der Waals surface area (Å²) in [5.74, 6) is 0.775. The number of hydrogen-bond donors (Lipinski definition) is 0. The summed E-state index contributed by atoms with van der Waals surface area (Å²) in [7, 11) is 1.72. The van der Waals surface area contributed by atoms with Gasteiger partial charge >= 0.3 is 0 Å². The number of amides is 1. The molecule has 0 saturated carbocycles. The van der Waals surface area contributed by atoms with E-state index >= 15 is 0 Å². The minimum atomic E-state index is -0.212. The molecule has 0 atom stereocenters. The van der Waals surface area contributed by atoms with Gasteiger partial charge in [0.05, 0.1) is 5.56 Å². The van der Waals surface area contributed by atoms with Crippen molar-refractivity contribution in [3.05, 3.63) is 52.7 Å². The van der Waals surface area contributed by atoms with Gasteiger partial charge in [0.15, 0.2) is 11.5 Å². The Labute approximate surface area is 141 Å². The van der Waals surface area contributed by atoms with E-state index in [1.165, 1.54) is 0 Å². The molecule has 1 amide bonds. The number of furan rings is 1. The van der Waals surface area contributed by atoms with Crippen molar-refractivity contribution in [2.75, 3.05) is 7.05 Å². The quantitative estimate of drug-likeness (QED) is 0.867. The highest BCUT2D eigenvalue weighted by molar-refractivity contribution is 6.03. The van der Waals surface area contributed by atoms with Crippen molar-refractivity contribution >= 4 is 11.7 Å². The Hall–Kier alpha value is -2.43. The first-order valence-corrected chi connectivity index (χ1v) is 8.08. The van der Waals surface area contributed by atoms with Gasteiger partial charge in [0.1, 0.15) is 5.76 Å². The second-order valence-electron chi connectivity index (χ2n) is 7.32. The maximum atomic E-state index is 12.8. The SMILES string of the molecule is Cc1c(C(=O)N(C)Cc2cccnc2)oc2c1C(=O)CC(C)(C)C2. The average molecular weight is 326 g/mol. The lowest BCUT2D eigenvalue weighted by Crippen LogP contribution is -2.27. The lowest BCUT2D eigenvalue weighted by molar-refractivity contribution is 0.0746. The molecule has 2 aromatic rings. The van der Waals surface area contributed by atoms with Crippen molar-refractivity contribution in [1.82, 2.24) is 9.88 Å². The van der Waals surface area contributed by atoms with Crippen LogP contribution in [-0.4, -0.2) is 28.6 Å². The molecule has 0 aromatic carbocycles. The predicted molar refractivity (Wildman–Crippen MR) is 89.9 cm³/mol. The second-order valence-corrected chi connectivity index (χ2v) is 7.32. The number of pyridine rings is 1. The Balaban J connectivity index is 1.88. The third-order valence-corrected chi connectivity index (χ3v) is 4.46. The van der Waals surface area contributed by atoms with Crippen LogP contribution in [-0.2, 0) is 13.0 Å². The van der Waals surface area contributed by atoms with Gasteiger partial charge in [-0.2, -0.15) is 0 Å². The number of Topliss-reactive ketones (excluding diaryl/α,β-unsaturated/α-hetero) is 1. The molecule has 0 spiro atoms. The van der Waals surface area contributed by atoms with E-state index in [-0.39, 0.29) is 22.9 Å². The van der Waals surface area contributed by atoms with Crippen LogP contribution in [0.5, 0.6) is 0 Å². The number of fused-ring (bicyclic) bond motifs is 1. The summed E-state index contributed by atoms with van der Waals surface area (Å²) in [6.07, 6.45) is 4.59. The highest BCUT2D eigenvalue weighted by atomic mass is 16.4. The summed E-state index contributed by atoms with van der Waals surface area (Å²) in [6.45, 7) is 6.32. The Morgan fingerprint density at radius 2 is 2.12 bits per heavy atom. The maximum absolute atomic E-state index is 12.8. The summed E-state index contributed by atoms with van der Waals surface area (Å²) < 4.78 is 5.84. The van der Waals surface area contributed by atoms with Crippen LogP contribution in [0.1, 0.15) is 58.1 Å². The molecular weight excluding hydrogens is 304 g/mol. The van der Waals surface area contributed by atoms with E-state index in [4.69, 9.17) is 4.42 Å². The zero-order valence-corrected chi connectivity index (χ0v) is 14.5. The molecule has 126 valence electrons. The van der Waals surface area contributed by atoms with Crippen molar-refractivity contribution in [3.63, 3.8) is 0 Å². The monoisotopic (exact) mass is 326 g/mol. The molecule has 0 saturated heterocycles. The van der Waals surface area contributed by atoms with Gasteiger partial charge in [-0.25, -0.2) is 0 Å². The number of ketones is 1. The van der Waals surface area contributed by atoms with Gasteiger partial charge in [-0.05, 0) is 24.0 Å². The standard InChI is InChI=1S/C19H22N2O3/c1-12-16-14(22)8-19(2,3)9-15(16)24-17(12)18(23)21(4)11-13-6-5-7-20-10-13/h5-7,10H,8-9,11H2,1-4H3. The molecule has 3 rings (SSSR count). The van der Waals surface area contributed by atoms with Crippen LogP contribution >= 0.6 is 0 Å². The van der Waals surface area contributed by atoms with E-state index in [9.17, 15) is 9.59 Å². The predicted octanol–water partition coefficient (Wildman–Crippen LogP) is 3.41. The van der Waals surface area contributed by atoms with Crippen molar-refractivity contribution < 1.29 is 14.0 Å². The van der Waals surface area contributed by atoms with Crippen LogP contribution in [0.25, 0.3) is 0 Å². The van der Waals surface area contributed by atoms with Gasteiger partial charge in [0.25, 0.3) is 5.91 Å². The number of hydrogen-bond acceptors (Lipinski definition) is 4. The van der Waals surface area contributed by atoms with E-state index in [0.29, 0.717) is 36.3 Å². The van der Waals surface area contributed by atoms with Gasteiger partial charge in [-0.15, -0.1) is 0 Å². The Morgan fingerprint density at radius 3 is 2.79 bits per heavy atom. The minimum absolute atomic E-state index is 0.0662. The van der Waals surface area contributed by atoms with Crippen LogP contribution in [0.4, 0.5) is 0 Å². The molecule has 24 heavy (non-hydrogen) atoms. The lowest BCUT2D eigenvalue weighted by atomic mass is 9.76. The number of carbonyl (C=O) groups is 2. The number of aromatic nitrogens is 1. The molecule has 0 bridgehead atoms. The Bertz CT molecular complexity index is 790. The fraction of sp³-hybridized carbons (Fsp3) is 0.421. The Morgan fingerprint density at radius 1 is 1.38 bits per heavy atom. The van der Waals surface area contributed by atoms with Gasteiger partial charge in [-0.1, -0.05) is 19.9 Å². The van der Waals surface area contributed by atoms with Crippen LogP contribution in [0, 0.1) is 12.3 Å². The first-order chi connectivity index (χ1) is 11.3. The lowest BCUT2D eigenvalue weighted by Gasteiger charge is -2.27. The molecule has 1 aliphatic carbocycles.